The third kappa shape index (κ3) is 3.82. The van der Waals surface area contributed by atoms with Crippen molar-refractivity contribution in [2.75, 3.05) is 11.3 Å². The number of anilines is 1. The van der Waals surface area contributed by atoms with Crippen LogP contribution in [-0.4, -0.2) is 25.1 Å². The van der Waals surface area contributed by atoms with Gasteiger partial charge in [-0.15, -0.1) is 11.3 Å². The van der Waals surface area contributed by atoms with Crippen molar-refractivity contribution in [2.24, 2.45) is 0 Å². The maximum atomic E-state index is 12.4. The largest absolute Gasteiger partial charge is 0.384 e. The Hall–Kier alpha value is -1.88. The Balaban J connectivity index is 2.44. The molecule has 0 saturated carbocycles. The molecule has 2 aromatic rings. The summed E-state index contributed by atoms with van der Waals surface area (Å²) in [5.41, 5.74) is 1.99. The summed E-state index contributed by atoms with van der Waals surface area (Å²) in [4.78, 5) is 4.15. The topological polar surface area (TPSA) is 79.3 Å². The fourth-order valence-electron chi connectivity index (χ4n) is 1.68. The van der Waals surface area contributed by atoms with Gasteiger partial charge in [0.25, 0.3) is 10.0 Å². The number of nitrogens with zero attached hydrogens (tertiary/aromatic N) is 1. The molecule has 0 aliphatic rings. The van der Waals surface area contributed by atoms with E-state index in [1.165, 1.54) is 17.4 Å². The number of sulfonamides is 1. The van der Waals surface area contributed by atoms with E-state index < -0.39 is 10.0 Å². The second kappa shape index (κ2) is 6.26. The van der Waals surface area contributed by atoms with Gasteiger partial charge in [-0.25, -0.2) is 13.4 Å². The lowest BCUT2D eigenvalue weighted by Crippen LogP contribution is -2.14. The fourth-order valence-corrected chi connectivity index (χ4v) is 3.77. The van der Waals surface area contributed by atoms with Gasteiger partial charge in [0.05, 0.1) is 5.69 Å². The van der Waals surface area contributed by atoms with Crippen molar-refractivity contribution in [1.82, 2.24) is 4.98 Å². The summed E-state index contributed by atoms with van der Waals surface area (Å²) in [6, 6.07) is 4.87. The molecular weight excluding hydrogens is 308 g/mol. The number of benzene rings is 1. The molecule has 110 valence electrons. The minimum atomic E-state index is -3.76. The van der Waals surface area contributed by atoms with Crippen molar-refractivity contribution in [3.8, 4) is 11.8 Å². The van der Waals surface area contributed by atoms with Gasteiger partial charge in [0.15, 0.2) is 5.13 Å². The minimum Gasteiger partial charge on any atom is -0.384 e. The molecule has 0 aliphatic carbocycles. The lowest BCUT2D eigenvalue weighted by Gasteiger charge is -2.08. The van der Waals surface area contributed by atoms with Crippen LogP contribution in [0.2, 0.25) is 0 Å². The standard InChI is InChI=1S/C14H14N2O3S2/c1-10-5-6-13(12(8-10)4-3-7-17)21(18,19)16-14-15-11(2)9-20-14/h5-6,8-9,17H,7H2,1-2H3,(H,15,16). The third-order valence-electron chi connectivity index (χ3n) is 2.57. The van der Waals surface area contributed by atoms with E-state index >= 15 is 0 Å². The number of aliphatic hydroxyl groups excluding tert-OH is 1. The molecule has 0 spiro atoms. The van der Waals surface area contributed by atoms with E-state index in [9.17, 15) is 8.42 Å². The van der Waals surface area contributed by atoms with Crippen molar-refractivity contribution in [3.05, 3.63) is 40.4 Å². The smallest absolute Gasteiger partial charge is 0.264 e. The van der Waals surface area contributed by atoms with Gasteiger partial charge in [-0.05, 0) is 31.5 Å². The number of hydrogen-bond acceptors (Lipinski definition) is 5. The number of aryl methyl sites for hydroxylation is 2. The molecule has 2 N–H and O–H groups in total. The van der Waals surface area contributed by atoms with Gasteiger partial charge < -0.3 is 5.11 Å². The third-order valence-corrected chi connectivity index (χ3v) is 4.97. The molecule has 0 aliphatic heterocycles. The van der Waals surface area contributed by atoms with E-state index in [2.05, 4.69) is 21.5 Å². The molecule has 21 heavy (non-hydrogen) atoms. The summed E-state index contributed by atoms with van der Waals surface area (Å²) in [5.74, 6) is 5.14. The molecular formula is C14H14N2O3S2. The first-order valence-corrected chi connectivity index (χ1v) is 8.44. The number of rotatable bonds is 3. The second-order valence-corrected chi connectivity index (χ2v) is 6.87. The van der Waals surface area contributed by atoms with Gasteiger partial charge in [0, 0.05) is 10.9 Å². The molecule has 0 atom stereocenters. The highest BCUT2D eigenvalue weighted by molar-refractivity contribution is 7.93. The summed E-state index contributed by atoms with van der Waals surface area (Å²) in [5, 5.41) is 10.9. The Bertz CT molecular complexity index is 814. The molecule has 0 radical (unpaired) electrons. The highest BCUT2D eigenvalue weighted by Crippen LogP contribution is 2.22. The first-order chi connectivity index (χ1) is 9.92. The van der Waals surface area contributed by atoms with Gasteiger partial charge in [-0.2, -0.15) is 0 Å². The second-order valence-electron chi connectivity index (χ2n) is 4.36. The average molecular weight is 322 g/mol. The van der Waals surface area contributed by atoms with Crippen LogP contribution in [0.5, 0.6) is 0 Å². The van der Waals surface area contributed by atoms with Crippen molar-refractivity contribution in [1.29, 1.82) is 0 Å². The van der Waals surface area contributed by atoms with E-state index in [1.807, 2.05) is 6.92 Å². The molecule has 0 saturated heterocycles. The van der Waals surface area contributed by atoms with E-state index in [0.29, 0.717) is 10.7 Å². The zero-order chi connectivity index (χ0) is 15.5. The van der Waals surface area contributed by atoms with E-state index in [4.69, 9.17) is 5.11 Å². The molecule has 1 heterocycles. The van der Waals surface area contributed by atoms with Crippen LogP contribution in [0, 0.1) is 25.7 Å². The molecule has 0 bridgehead atoms. The Labute approximate surface area is 127 Å². The number of nitrogens with one attached hydrogen (secondary N) is 1. The highest BCUT2D eigenvalue weighted by atomic mass is 32.2. The quantitative estimate of drug-likeness (QED) is 0.846. The van der Waals surface area contributed by atoms with Crippen LogP contribution >= 0.6 is 11.3 Å². The van der Waals surface area contributed by atoms with Crippen LogP contribution in [0.3, 0.4) is 0 Å². The lowest BCUT2D eigenvalue weighted by atomic mass is 10.1. The number of hydrogen-bond donors (Lipinski definition) is 2. The molecule has 5 nitrogen and oxygen atoms in total. The van der Waals surface area contributed by atoms with Gasteiger partial charge in [-0.1, -0.05) is 17.9 Å². The maximum Gasteiger partial charge on any atom is 0.264 e. The van der Waals surface area contributed by atoms with E-state index in [0.717, 1.165) is 11.3 Å². The van der Waals surface area contributed by atoms with Crippen LogP contribution in [0.25, 0.3) is 0 Å². The van der Waals surface area contributed by atoms with Crippen LogP contribution < -0.4 is 4.72 Å². The minimum absolute atomic E-state index is 0.0712. The highest BCUT2D eigenvalue weighted by Gasteiger charge is 2.19. The average Bonchev–Trinajstić information content (AvgIpc) is 2.80. The Morgan fingerprint density at radius 3 is 2.76 bits per heavy atom. The first kappa shape index (κ1) is 15.5. The zero-order valence-corrected chi connectivity index (χ0v) is 13.2. The van der Waals surface area contributed by atoms with Crippen LogP contribution in [-0.2, 0) is 10.0 Å². The summed E-state index contributed by atoms with van der Waals surface area (Å²) in [7, 11) is -3.76. The predicted octanol–water partition coefficient (Wildman–Crippen LogP) is 1.90. The molecule has 1 aromatic heterocycles. The number of aromatic nitrogens is 1. The van der Waals surface area contributed by atoms with Crippen molar-refractivity contribution in [3.63, 3.8) is 0 Å². The molecule has 0 amide bonds. The lowest BCUT2D eigenvalue weighted by molar-refractivity contribution is 0.350. The molecule has 0 unspecified atom stereocenters. The Morgan fingerprint density at radius 2 is 2.14 bits per heavy atom. The van der Waals surface area contributed by atoms with E-state index in [-0.39, 0.29) is 11.5 Å². The van der Waals surface area contributed by atoms with Crippen molar-refractivity contribution < 1.29 is 13.5 Å². The first-order valence-electron chi connectivity index (χ1n) is 6.08. The Kier molecular flexibility index (Phi) is 4.63. The molecule has 2 rings (SSSR count). The van der Waals surface area contributed by atoms with Crippen LogP contribution in [0.15, 0.2) is 28.5 Å². The summed E-state index contributed by atoms with van der Waals surface area (Å²) < 4.78 is 27.3. The number of aliphatic hydroxyl groups is 1. The molecule has 0 fully saturated rings. The molecule has 7 heteroatoms. The predicted molar refractivity (Wildman–Crippen MR) is 82.8 cm³/mol. The van der Waals surface area contributed by atoms with Crippen LogP contribution in [0.4, 0.5) is 5.13 Å². The van der Waals surface area contributed by atoms with Crippen LogP contribution in [0.1, 0.15) is 16.8 Å². The summed E-state index contributed by atoms with van der Waals surface area (Å²) in [6.07, 6.45) is 0. The SMILES string of the molecule is Cc1ccc(S(=O)(=O)Nc2nc(C)cs2)c(C#CCO)c1. The van der Waals surface area contributed by atoms with Gasteiger partial charge >= 0.3 is 0 Å². The summed E-state index contributed by atoms with van der Waals surface area (Å²) >= 11 is 1.22. The Morgan fingerprint density at radius 1 is 1.38 bits per heavy atom. The van der Waals surface area contributed by atoms with Gasteiger partial charge in [-0.3, -0.25) is 4.72 Å². The fraction of sp³-hybridized carbons (Fsp3) is 0.214. The normalized spacial score (nSPS) is 10.8. The van der Waals surface area contributed by atoms with Gasteiger partial charge in [0.2, 0.25) is 0 Å². The maximum absolute atomic E-state index is 12.4. The molecule has 1 aromatic carbocycles. The van der Waals surface area contributed by atoms with Crippen molar-refractivity contribution >= 4 is 26.5 Å². The zero-order valence-electron chi connectivity index (χ0n) is 11.5. The number of thiazole rings is 1. The van der Waals surface area contributed by atoms with Gasteiger partial charge in [0.1, 0.15) is 11.5 Å². The summed E-state index contributed by atoms with van der Waals surface area (Å²) in [6.45, 7) is 3.31. The van der Waals surface area contributed by atoms with Crippen molar-refractivity contribution in [2.45, 2.75) is 18.7 Å². The monoisotopic (exact) mass is 322 g/mol. The van der Waals surface area contributed by atoms with E-state index in [1.54, 1.807) is 24.4 Å².